The molecular weight excluding hydrogens is 503 g/mol. The molecule has 1 N–H and O–H groups in total. The van der Waals surface area contributed by atoms with Crippen LogP contribution in [0, 0.1) is 5.82 Å². The van der Waals surface area contributed by atoms with E-state index in [-0.39, 0.29) is 37.1 Å². The number of halogens is 2. The maximum atomic E-state index is 13.8. The monoisotopic (exact) mass is 530 g/mol. The summed E-state index contributed by atoms with van der Waals surface area (Å²) >= 11 is 6.02. The predicted molar refractivity (Wildman–Crippen MR) is 146 cm³/mol. The van der Waals surface area contributed by atoms with Gasteiger partial charge in [0.1, 0.15) is 17.6 Å². The Morgan fingerprint density at radius 2 is 1.50 bits per heavy atom. The Bertz CT molecular complexity index is 1360. The van der Waals surface area contributed by atoms with Crippen LogP contribution in [0.25, 0.3) is 0 Å². The SMILES string of the molecule is COc1ccccc1CNC(=O)[C@H](c1ccccc1)N(Cc1ccc(F)cc1)C(=O)Cc1ccc(Cl)cc1. The van der Waals surface area contributed by atoms with Gasteiger partial charge in [0.05, 0.1) is 13.5 Å². The van der Waals surface area contributed by atoms with Crippen molar-refractivity contribution in [2.45, 2.75) is 25.6 Å². The van der Waals surface area contributed by atoms with Gasteiger partial charge in [0.2, 0.25) is 11.8 Å². The summed E-state index contributed by atoms with van der Waals surface area (Å²) in [5.41, 5.74) is 2.95. The molecule has 0 aliphatic carbocycles. The normalized spacial score (nSPS) is 11.4. The van der Waals surface area contributed by atoms with Gasteiger partial charge in [0, 0.05) is 23.7 Å². The lowest BCUT2D eigenvalue weighted by atomic mass is 10.0. The molecule has 0 aromatic heterocycles. The number of ether oxygens (including phenoxy) is 1. The number of carbonyl (C=O) groups is 2. The van der Waals surface area contributed by atoms with Crippen LogP contribution < -0.4 is 10.1 Å². The number of nitrogens with zero attached hydrogens (tertiary/aromatic N) is 1. The van der Waals surface area contributed by atoms with E-state index in [1.165, 1.54) is 17.0 Å². The Hall–Kier alpha value is -4.16. The summed E-state index contributed by atoms with van der Waals surface area (Å²) in [4.78, 5) is 29.1. The van der Waals surface area contributed by atoms with E-state index in [0.29, 0.717) is 21.9 Å². The summed E-state index contributed by atoms with van der Waals surface area (Å²) in [6, 6.07) is 28.6. The van der Waals surface area contributed by atoms with Crippen molar-refractivity contribution in [3.8, 4) is 5.75 Å². The first kappa shape index (κ1) is 26.9. The van der Waals surface area contributed by atoms with Gasteiger partial charge >= 0.3 is 0 Å². The molecule has 0 heterocycles. The molecule has 4 aromatic carbocycles. The van der Waals surface area contributed by atoms with E-state index >= 15 is 0 Å². The van der Waals surface area contributed by atoms with Crippen molar-refractivity contribution >= 4 is 23.4 Å². The minimum atomic E-state index is -0.921. The van der Waals surface area contributed by atoms with Crippen LogP contribution in [0.1, 0.15) is 28.3 Å². The lowest BCUT2D eigenvalue weighted by molar-refractivity contribution is -0.141. The predicted octanol–water partition coefficient (Wildman–Crippen LogP) is 6.12. The van der Waals surface area contributed by atoms with Gasteiger partial charge < -0.3 is 15.0 Å². The number of benzene rings is 4. The molecule has 5 nitrogen and oxygen atoms in total. The molecule has 7 heteroatoms. The molecule has 38 heavy (non-hydrogen) atoms. The fourth-order valence-electron chi connectivity index (χ4n) is 4.22. The summed E-state index contributed by atoms with van der Waals surface area (Å²) < 4.78 is 19.0. The summed E-state index contributed by atoms with van der Waals surface area (Å²) in [5, 5.41) is 3.56. The topological polar surface area (TPSA) is 58.6 Å². The van der Waals surface area contributed by atoms with Crippen LogP contribution in [0.3, 0.4) is 0 Å². The van der Waals surface area contributed by atoms with Crippen molar-refractivity contribution in [3.63, 3.8) is 0 Å². The fourth-order valence-corrected chi connectivity index (χ4v) is 4.35. The smallest absolute Gasteiger partial charge is 0.247 e. The quantitative estimate of drug-likeness (QED) is 0.269. The van der Waals surface area contributed by atoms with Gasteiger partial charge in [-0.05, 0) is 47.0 Å². The average Bonchev–Trinajstić information content (AvgIpc) is 2.94. The summed E-state index contributed by atoms with van der Waals surface area (Å²) in [7, 11) is 1.58. The summed E-state index contributed by atoms with van der Waals surface area (Å²) in [6.07, 6.45) is 0.0709. The Morgan fingerprint density at radius 1 is 0.868 bits per heavy atom. The van der Waals surface area contributed by atoms with E-state index < -0.39 is 6.04 Å². The minimum Gasteiger partial charge on any atom is -0.496 e. The van der Waals surface area contributed by atoms with E-state index in [1.807, 2.05) is 54.6 Å². The second kappa shape index (κ2) is 12.9. The van der Waals surface area contributed by atoms with Crippen molar-refractivity contribution in [2.24, 2.45) is 0 Å². The van der Waals surface area contributed by atoms with E-state index in [9.17, 15) is 14.0 Å². The highest BCUT2D eigenvalue weighted by atomic mass is 35.5. The molecule has 4 aromatic rings. The molecule has 0 fully saturated rings. The molecule has 4 rings (SSSR count). The van der Waals surface area contributed by atoms with Crippen LogP contribution in [0.15, 0.2) is 103 Å². The van der Waals surface area contributed by atoms with Crippen molar-refractivity contribution in [1.29, 1.82) is 0 Å². The summed E-state index contributed by atoms with van der Waals surface area (Å²) in [6.45, 7) is 0.344. The third-order valence-electron chi connectivity index (χ3n) is 6.18. The minimum absolute atomic E-state index is 0.0709. The molecule has 0 unspecified atom stereocenters. The first-order chi connectivity index (χ1) is 18.4. The average molecular weight is 531 g/mol. The number of hydrogen-bond acceptors (Lipinski definition) is 3. The zero-order valence-electron chi connectivity index (χ0n) is 20.9. The largest absolute Gasteiger partial charge is 0.496 e. The molecule has 0 aliphatic rings. The number of amides is 2. The van der Waals surface area contributed by atoms with Crippen LogP contribution in [-0.4, -0.2) is 23.8 Å². The second-order valence-corrected chi connectivity index (χ2v) is 9.23. The molecule has 194 valence electrons. The first-order valence-corrected chi connectivity index (χ1v) is 12.6. The van der Waals surface area contributed by atoms with Crippen molar-refractivity contribution in [1.82, 2.24) is 10.2 Å². The zero-order chi connectivity index (χ0) is 26.9. The third kappa shape index (κ3) is 6.99. The number of para-hydroxylation sites is 1. The van der Waals surface area contributed by atoms with E-state index in [1.54, 1.807) is 43.5 Å². The van der Waals surface area contributed by atoms with Crippen LogP contribution in [0.4, 0.5) is 4.39 Å². The molecule has 0 radical (unpaired) electrons. The highest BCUT2D eigenvalue weighted by Crippen LogP contribution is 2.26. The summed E-state index contributed by atoms with van der Waals surface area (Å²) in [5.74, 6) is -0.306. The lowest BCUT2D eigenvalue weighted by Gasteiger charge is -2.32. The number of carbonyl (C=O) groups excluding carboxylic acids is 2. The molecule has 0 spiro atoms. The first-order valence-electron chi connectivity index (χ1n) is 12.2. The molecule has 0 aliphatic heterocycles. The van der Waals surface area contributed by atoms with Crippen molar-refractivity contribution in [3.05, 3.63) is 136 Å². The van der Waals surface area contributed by atoms with Crippen molar-refractivity contribution < 1.29 is 18.7 Å². The van der Waals surface area contributed by atoms with Crippen LogP contribution in [-0.2, 0) is 29.1 Å². The molecular formula is C31H28ClFN2O3. The van der Waals surface area contributed by atoms with Gasteiger partial charge in [-0.25, -0.2) is 4.39 Å². The van der Waals surface area contributed by atoms with Crippen LogP contribution in [0.2, 0.25) is 5.02 Å². The number of nitrogens with one attached hydrogen (secondary N) is 1. The van der Waals surface area contributed by atoms with E-state index in [2.05, 4.69) is 5.32 Å². The van der Waals surface area contributed by atoms with Gasteiger partial charge in [-0.2, -0.15) is 0 Å². The van der Waals surface area contributed by atoms with Crippen molar-refractivity contribution in [2.75, 3.05) is 7.11 Å². The van der Waals surface area contributed by atoms with Gasteiger partial charge in [0.15, 0.2) is 0 Å². The van der Waals surface area contributed by atoms with Gasteiger partial charge in [0.25, 0.3) is 0 Å². The Morgan fingerprint density at radius 3 is 2.18 bits per heavy atom. The third-order valence-corrected chi connectivity index (χ3v) is 6.43. The second-order valence-electron chi connectivity index (χ2n) is 8.79. The fraction of sp³-hybridized carbons (Fsp3) is 0.161. The zero-order valence-corrected chi connectivity index (χ0v) is 21.7. The molecule has 2 amide bonds. The van der Waals surface area contributed by atoms with E-state index in [4.69, 9.17) is 16.3 Å². The highest BCUT2D eigenvalue weighted by molar-refractivity contribution is 6.30. The Balaban J connectivity index is 1.67. The molecule has 0 saturated heterocycles. The van der Waals surface area contributed by atoms with Crippen LogP contribution in [0.5, 0.6) is 5.75 Å². The number of hydrogen-bond donors (Lipinski definition) is 1. The molecule has 1 atom stereocenters. The highest BCUT2D eigenvalue weighted by Gasteiger charge is 2.31. The van der Waals surface area contributed by atoms with Gasteiger partial charge in [-0.1, -0.05) is 84.4 Å². The molecule has 0 bridgehead atoms. The lowest BCUT2D eigenvalue weighted by Crippen LogP contribution is -2.43. The van der Waals surface area contributed by atoms with Gasteiger partial charge in [-0.15, -0.1) is 0 Å². The maximum absolute atomic E-state index is 13.8. The molecule has 0 saturated carbocycles. The van der Waals surface area contributed by atoms with Crippen LogP contribution >= 0.6 is 11.6 Å². The van der Waals surface area contributed by atoms with Gasteiger partial charge in [-0.3, -0.25) is 9.59 Å². The maximum Gasteiger partial charge on any atom is 0.247 e. The number of methoxy groups -OCH3 is 1. The standard InChI is InChI=1S/C31H28ClFN2O3/c1-38-28-10-6-5-9-25(28)20-34-31(37)30(24-7-3-2-4-8-24)35(21-23-13-17-27(33)18-14-23)29(36)19-22-11-15-26(32)16-12-22/h2-18,30H,19-21H2,1H3,(H,34,37)/t30-/m0/s1. The number of rotatable bonds is 10. The Labute approximate surface area is 226 Å². The Kier molecular flexibility index (Phi) is 9.11. The van der Waals surface area contributed by atoms with E-state index in [0.717, 1.165) is 11.1 Å².